The van der Waals surface area contributed by atoms with Crippen molar-refractivity contribution < 1.29 is 30.0 Å². The van der Waals surface area contributed by atoms with Gasteiger partial charge in [0.2, 0.25) is 0 Å². The van der Waals surface area contributed by atoms with Crippen LogP contribution in [0, 0.1) is 6.92 Å². The average molecular weight is 374 g/mol. The fraction of sp³-hybridized carbons (Fsp3) is 0.333. The lowest BCUT2D eigenvalue weighted by molar-refractivity contribution is 0.0148. The Kier molecular flexibility index (Phi) is 9.19. The Morgan fingerprint density at radius 3 is 2.07 bits per heavy atom. The second-order valence-corrected chi connectivity index (χ2v) is 6.25. The van der Waals surface area contributed by atoms with E-state index >= 15 is 0 Å². The van der Waals surface area contributed by atoms with Gasteiger partial charge in [-0.2, -0.15) is 0 Å². The van der Waals surface area contributed by atoms with Crippen molar-refractivity contribution in [2.75, 3.05) is 0 Å². The molecule has 6 nitrogen and oxygen atoms in total. The highest BCUT2D eigenvalue weighted by atomic mass is 16.4. The van der Waals surface area contributed by atoms with Crippen molar-refractivity contribution in [3.05, 3.63) is 70.8 Å². The molecular weight excluding hydrogens is 348 g/mol. The standard InChI is InChI=1S/C12H18O2.C9H8O4/c1-2-6-11(13)12(14)9-10-7-4-3-5-8-10;1-5-2-3-6(8(10)11)4-7(5)9(12)13/h3-5,7-8,11-14H,2,6,9H2,1H3;2-4H,1H3,(H,10,11)(H,12,13). The van der Waals surface area contributed by atoms with Crippen molar-refractivity contribution in [1.82, 2.24) is 0 Å². The van der Waals surface area contributed by atoms with Gasteiger partial charge in [-0.3, -0.25) is 0 Å². The zero-order valence-corrected chi connectivity index (χ0v) is 15.5. The minimum absolute atomic E-state index is 0.0111. The van der Waals surface area contributed by atoms with Crippen LogP contribution in [0.4, 0.5) is 0 Å². The molecule has 27 heavy (non-hydrogen) atoms. The molecule has 0 radical (unpaired) electrons. The summed E-state index contributed by atoms with van der Waals surface area (Å²) in [5, 5.41) is 36.4. The van der Waals surface area contributed by atoms with Crippen LogP contribution in [-0.4, -0.2) is 44.6 Å². The van der Waals surface area contributed by atoms with E-state index in [2.05, 4.69) is 0 Å². The highest BCUT2D eigenvalue weighted by molar-refractivity contribution is 5.94. The van der Waals surface area contributed by atoms with E-state index in [0.29, 0.717) is 18.4 Å². The van der Waals surface area contributed by atoms with Crippen LogP contribution in [0.2, 0.25) is 0 Å². The minimum Gasteiger partial charge on any atom is -0.478 e. The maximum absolute atomic E-state index is 10.6. The number of hydrogen-bond acceptors (Lipinski definition) is 4. The molecular formula is C21H26O6. The van der Waals surface area contributed by atoms with E-state index in [4.69, 9.17) is 10.2 Å². The summed E-state index contributed by atoms with van der Waals surface area (Å²) in [7, 11) is 0. The third-order valence-electron chi connectivity index (χ3n) is 4.03. The van der Waals surface area contributed by atoms with Crippen LogP contribution in [0.5, 0.6) is 0 Å². The van der Waals surface area contributed by atoms with Crippen molar-refractivity contribution >= 4 is 11.9 Å². The second kappa shape index (κ2) is 11.1. The topological polar surface area (TPSA) is 115 Å². The van der Waals surface area contributed by atoms with Gasteiger partial charge in [-0.05, 0) is 36.6 Å². The molecule has 0 spiro atoms. The molecule has 0 saturated carbocycles. The number of aliphatic hydroxyl groups is 2. The largest absolute Gasteiger partial charge is 0.478 e. The zero-order valence-electron chi connectivity index (χ0n) is 15.5. The van der Waals surface area contributed by atoms with E-state index in [1.54, 1.807) is 6.92 Å². The molecule has 0 aliphatic carbocycles. The summed E-state index contributed by atoms with van der Waals surface area (Å²) in [4.78, 5) is 21.1. The van der Waals surface area contributed by atoms with E-state index in [0.717, 1.165) is 18.1 Å². The quantitative estimate of drug-likeness (QED) is 0.592. The van der Waals surface area contributed by atoms with E-state index in [-0.39, 0.29) is 11.1 Å². The number of carbonyl (C=O) groups is 2. The maximum Gasteiger partial charge on any atom is 0.335 e. The second-order valence-electron chi connectivity index (χ2n) is 6.25. The summed E-state index contributed by atoms with van der Waals surface area (Å²) in [6.45, 7) is 3.62. The molecule has 2 aromatic rings. The fourth-order valence-electron chi connectivity index (χ4n) is 2.47. The Morgan fingerprint density at radius 2 is 1.56 bits per heavy atom. The van der Waals surface area contributed by atoms with Crippen LogP contribution in [0.25, 0.3) is 0 Å². The lowest BCUT2D eigenvalue weighted by Crippen LogP contribution is -2.27. The van der Waals surface area contributed by atoms with E-state index in [1.165, 1.54) is 12.1 Å². The van der Waals surface area contributed by atoms with Crippen molar-refractivity contribution in [3.63, 3.8) is 0 Å². The third kappa shape index (κ3) is 7.60. The molecule has 2 aromatic carbocycles. The van der Waals surface area contributed by atoms with Crippen LogP contribution < -0.4 is 0 Å². The summed E-state index contributed by atoms with van der Waals surface area (Å²) in [5.74, 6) is -2.23. The van der Waals surface area contributed by atoms with Crippen molar-refractivity contribution in [3.8, 4) is 0 Å². The Balaban J connectivity index is 0.000000271. The lowest BCUT2D eigenvalue weighted by Gasteiger charge is -2.16. The normalized spacial score (nSPS) is 12.4. The molecule has 2 atom stereocenters. The summed E-state index contributed by atoms with van der Waals surface area (Å²) in [5.41, 5.74) is 1.63. The number of rotatable bonds is 7. The molecule has 0 fully saturated rings. The lowest BCUT2D eigenvalue weighted by atomic mass is 10.0. The number of aryl methyl sites for hydroxylation is 1. The zero-order chi connectivity index (χ0) is 20.4. The Hall–Kier alpha value is -2.70. The van der Waals surface area contributed by atoms with Crippen LogP contribution in [0.15, 0.2) is 48.5 Å². The van der Waals surface area contributed by atoms with Gasteiger partial charge in [-0.1, -0.05) is 49.7 Å². The van der Waals surface area contributed by atoms with Gasteiger partial charge in [0.05, 0.1) is 23.3 Å². The summed E-state index contributed by atoms with van der Waals surface area (Å²) in [6.07, 6.45) is 0.848. The smallest absolute Gasteiger partial charge is 0.335 e. The summed E-state index contributed by atoms with van der Waals surface area (Å²) >= 11 is 0. The SMILES string of the molecule is CCCC(O)C(O)Cc1ccccc1.Cc1ccc(C(=O)O)cc1C(=O)O. The first-order chi connectivity index (χ1) is 12.8. The molecule has 0 heterocycles. The number of hydrogen-bond donors (Lipinski definition) is 4. The molecule has 4 N–H and O–H groups in total. The number of aromatic carboxylic acids is 2. The van der Waals surface area contributed by atoms with E-state index in [9.17, 15) is 19.8 Å². The first-order valence-corrected chi connectivity index (χ1v) is 8.73. The molecule has 146 valence electrons. The monoisotopic (exact) mass is 374 g/mol. The molecule has 0 bridgehead atoms. The molecule has 6 heteroatoms. The predicted molar refractivity (Wildman–Crippen MR) is 102 cm³/mol. The van der Waals surface area contributed by atoms with Gasteiger partial charge in [-0.25, -0.2) is 9.59 Å². The number of benzene rings is 2. The maximum atomic E-state index is 10.6. The third-order valence-corrected chi connectivity index (χ3v) is 4.03. The Bertz CT molecular complexity index is 742. The van der Waals surface area contributed by atoms with Crippen LogP contribution in [-0.2, 0) is 6.42 Å². The Morgan fingerprint density at radius 1 is 0.926 bits per heavy atom. The van der Waals surface area contributed by atoms with E-state index < -0.39 is 24.1 Å². The Labute approximate surface area is 158 Å². The molecule has 0 aliphatic rings. The van der Waals surface area contributed by atoms with Gasteiger partial charge in [0.25, 0.3) is 0 Å². The van der Waals surface area contributed by atoms with Crippen LogP contribution in [0.3, 0.4) is 0 Å². The van der Waals surface area contributed by atoms with Gasteiger partial charge >= 0.3 is 11.9 Å². The average Bonchev–Trinajstić information content (AvgIpc) is 2.63. The summed E-state index contributed by atoms with van der Waals surface area (Å²) < 4.78 is 0. The minimum atomic E-state index is -1.12. The number of carboxylic acid groups (broad SMARTS) is 2. The highest BCUT2D eigenvalue weighted by Gasteiger charge is 2.15. The van der Waals surface area contributed by atoms with Gasteiger partial charge in [0.1, 0.15) is 0 Å². The van der Waals surface area contributed by atoms with Crippen LogP contribution in [0.1, 0.15) is 51.6 Å². The van der Waals surface area contributed by atoms with Gasteiger partial charge in [0.15, 0.2) is 0 Å². The molecule has 2 unspecified atom stereocenters. The number of carboxylic acids is 2. The molecule has 2 rings (SSSR count). The summed E-state index contributed by atoms with van der Waals surface area (Å²) in [6, 6.07) is 13.8. The van der Waals surface area contributed by atoms with Crippen molar-refractivity contribution in [1.29, 1.82) is 0 Å². The molecule has 0 saturated heterocycles. The first kappa shape index (κ1) is 22.3. The number of aliphatic hydroxyl groups excluding tert-OH is 2. The van der Waals surface area contributed by atoms with Gasteiger partial charge < -0.3 is 20.4 Å². The van der Waals surface area contributed by atoms with E-state index in [1.807, 2.05) is 37.3 Å². The molecule has 0 aliphatic heterocycles. The first-order valence-electron chi connectivity index (χ1n) is 8.73. The van der Waals surface area contributed by atoms with Crippen LogP contribution >= 0.6 is 0 Å². The molecule has 0 amide bonds. The van der Waals surface area contributed by atoms with Gasteiger partial charge in [0, 0.05) is 6.42 Å². The van der Waals surface area contributed by atoms with Crippen molar-refractivity contribution in [2.45, 2.75) is 45.3 Å². The fourth-order valence-corrected chi connectivity index (χ4v) is 2.47. The highest BCUT2D eigenvalue weighted by Crippen LogP contribution is 2.11. The molecule has 0 aromatic heterocycles. The van der Waals surface area contributed by atoms with Crippen molar-refractivity contribution in [2.24, 2.45) is 0 Å². The van der Waals surface area contributed by atoms with Gasteiger partial charge in [-0.15, -0.1) is 0 Å². The predicted octanol–water partition coefficient (Wildman–Crippen LogP) is 3.14.